The number of aliphatic carboxylic acids is 1. The molecule has 1 aromatic heterocycles. The molecule has 1 amide bonds. The van der Waals surface area contributed by atoms with Gasteiger partial charge in [0, 0.05) is 6.20 Å². The van der Waals surface area contributed by atoms with Crippen molar-refractivity contribution in [1.82, 2.24) is 9.88 Å². The van der Waals surface area contributed by atoms with Crippen molar-refractivity contribution in [1.29, 1.82) is 0 Å². The average Bonchev–Trinajstić information content (AvgIpc) is 2.70. The number of nitrogens with zero attached hydrogens (tertiary/aromatic N) is 1. The molecule has 0 aliphatic rings. The second-order valence-electron chi connectivity index (χ2n) is 4.67. The molecule has 0 fully saturated rings. The molecule has 1 unspecified atom stereocenters. The molecule has 2 N–H and O–H groups in total. The fourth-order valence-corrected chi connectivity index (χ4v) is 1.68. The lowest BCUT2D eigenvalue weighted by molar-refractivity contribution is -0.141. The molecule has 1 atom stereocenters. The van der Waals surface area contributed by atoms with E-state index in [9.17, 15) is 22.8 Å². The quantitative estimate of drug-likeness (QED) is 0.870. The van der Waals surface area contributed by atoms with E-state index in [-0.39, 0.29) is 11.6 Å². The number of carboxylic acid groups (broad SMARTS) is 1. The van der Waals surface area contributed by atoms with Crippen LogP contribution < -0.4 is 5.32 Å². The first-order valence-electron chi connectivity index (χ1n) is 5.87. The fraction of sp³-hybridized carbons (Fsp3) is 0.500. The van der Waals surface area contributed by atoms with E-state index in [4.69, 9.17) is 5.11 Å². The minimum absolute atomic E-state index is 0.228. The van der Waals surface area contributed by atoms with E-state index in [1.807, 2.05) is 0 Å². The van der Waals surface area contributed by atoms with Gasteiger partial charge in [-0.2, -0.15) is 13.2 Å². The third-order valence-electron chi connectivity index (χ3n) is 2.63. The Labute approximate surface area is 113 Å². The molecule has 0 radical (unpaired) electrons. The first-order chi connectivity index (χ1) is 9.11. The van der Waals surface area contributed by atoms with Crippen LogP contribution in [0.4, 0.5) is 13.2 Å². The highest BCUT2D eigenvalue weighted by atomic mass is 19.4. The number of hydrogen-bond donors (Lipinski definition) is 2. The Kier molecular flexibility index (Phi) is 4.80. The standard InChI is InChI=1S/C12H15F3N2O3/c1-7(2)9(11(19)20)16-10(18)8-4-3-5-17(8)6-12(13,14)15/h3-5,7,9H,6H2,1-2H3,(H,16,18)(H,19,20). The van der Waals surface area contributed by atoms with Gasteiger partial charge in [0.2, 0.25) is 0 Å². The summed E-state index contributed by atoms with van der Waals surface area (Å²) in [5.74, 6) is -2.47. The SMILES string of the molecule is CC(C)C(NC(=O)c1cccn1CC(F)(F)F)C(=O)O. The van der Waals surface area contributed by atoms with Gasteiger partial charge >= 0.3 is 12.1 Å². The number of carboxylic acids is 1. The zero-order valence-electron chi connectivity index (χ0n) is 10.9. The molecule has 8 heteroatoms. The lowest BCUT2D eigenvalue weighted by Gasteiger charge is -2.19. The van der Waals surface area contributed by atoms with E-state index in [2.05, 4.69) is 5.32 Å². The van der Waals surface area contributed by atoms with E-state index in [0.717, 1.165) is 10.8 Å². The molecule has 112 valence electrons. The van der Waals surface area contributed by atoms with E-state index < -0.39 is 30.6 Å². The third-order valence-corrected chi connectivity index (χ3v) is 2.63. The summed E-state index contributed by atoms with van der Waals surface area (Å²) in [6, 6.07) is 1.35. The lowest BCUT2D eigenvalue weighted by atomic mass is 10.0. The van der Waals surface area contributed by atoms with Gasteiger partial charge in [-0.1, -0.05) is 13.8 Å². The van der Waals surface area contributed by atoms with Crippen molar-refractivity contribution in [2.24, 2.45) is 5.92 Å². The van der Waals surface area contributed by atoms with Crippen LogP contribution in [0.5, 0.6) is 0 Å². The first kappa shape index (κ1) is 16.1. The van der Waals surface area contributed by atoms with Gasteiger partial charge in [0.05, 0.1) is 0 Å². The highest BCUT2D eigenvalue weighted by Crippen LogP contribution is 2.19. The minimum Gasteiger partial charge on any atom is -0.480 e. The lowest BCUT2D eigenvalue weighted by Crippen LogP contribution is -2.45. The van der Waals surface area contributed by atoms with Crippen molar-refractivity contribution < 1.29 is 27.9 Å². The molecular formula is C12H15F3N2O3. The third kappa shape index (κ3) is 4.29. The molecule has 0 aromatic carbocycles. The Hall–Kier alpha value is -1.99. The van der Waals surface area contributed by atoms with E-state index in [0.29, 0.717) is 0 Å². The number of rotatable bonds is 5. The summed E-state index contributed by atoms with van der Waals surface area (Å²) in [7, 11) is 0. The van der Waals surface area contributed by atoms with Gasteiger partial charge in [-0.25, -0.2) is 4.79 Å². The summed E-state index contributed by atoms with van der Waals surface area (Å²) in [6.45, 7) is 1.88. The maximum atomic E-state index is 12.3. The van der Waals surface area contributed by atoms with Crippen LogP contribution in [0.3, 0.4) is 0 Å². The fourth-order valence-electron chi connectivity index (χ4n) is 1.68. The zero-order valence-corrected chi connectivity index (χ0v) is 10.9. The van der Waals surface area contributed by atoms with Crippen LogP contribution in [-0.2, 0) is 11.3 Å². The van der Waals surface area contributed by atoms with Crippen molar-refractivity contribution in [3.63, 3.8) is 0 Å². The van der Waals surface area contributed by atoms with Gasteiger partial charge < -0.3 is 15.0 Å². The largest absolute Gasteiger partial charge is 0.480 e. The molecule has 1 rings (SSSR count). The number of nitrogens with one attached hydrogen (secondary N) is 1. The monoisotopic (exact) mass is 292 g/mol. The molecular weight excluding hydrogens is 277 g/mol. The predicted molar refractivity (Wildman–Crippen MR) is 64.2 cm³/mol. The van der Waals surface area contributed by atoms with Crippen molar-refractivity contribution in [2.75, 3.05) is 0 Å². The number of aromatic nitrogens is 1. The molecule has 5 nitrogen and oxygen atoms in total. The molecule has 20 heavy (non-hydrogen) atoms. The molecule has 0 saturated carbocycles. The minimum atomic E-state index is -4.46. The predicted octanol–water partition coefficient (Wildman–Crippen LogP) is 1.89. The van der Waals surface area contributed by atoms with Gasteiger partial charge in [0.15, 0.2) is 0 Å². The molecule has 0 aliphatic carbocycles. The van der Waals surface area contributed by atoms with Gasteiger partial charge in [0.25, 0.3) is 5.91 Å². The summed E-state index contributed by atoms with van der Waals surface area (Å²) in [5.41, 5.74) is -0.228. The smallest absolute Gasteiger partial charge is 0.406 e. The number of carbonyl (C=O) groups excluding carboxylic acids is 1. The normalized spacial score (nSPS) is 13.3. The molecule has 1 aromatic rings. The van der Waals surface area contributed by atoms with Crippen LogP contribution in [0.15, 0.2) is 18.3 Å². The molecule has 0 bridgehead atoms. The van der Waals surface area contributed by atoms with E-state index in [1.54, 1.807) is 13.8 Å². The van der Waals surface area contributed by atoms with Crippen LogP contribution in [0.1, 0.15) is 24.3 Å². The number of carbonyl (C=O) groups is 2. The van der Waals surface area contributed by atoms with Crippen LogP contribution in [0, 0.1) is 5.92 Å². The number of hydrogen-bond acceptors (Lipinski definition) is 2. The molecule has 0 spiro atoms. The van der Waals surface area contributed by atoms with Crippen LogP contribution >= 0.6 is 0 Å². The highest BCUT2D eigenvalue weighted by molar-refractivity contribution is 5.95. The maximum absolute atomic E-state index is 12.3. The topological polar surface area (TPSA) is 71.3 Å². The summed E-state index contributed by atoms with van der Waals surface area (Å²) in [4.78, 5) is 22.8. The van der Waals surface area contributed by atoms with Gasteiger partial charge in [-0.05, 0) is 18.1 Å². The van der Waals surface area contributed by atoms with Crippen LogP contribution in [0.25, 0.3) is 0 Å². The first-order valence-corrected chi connectivity index (χ1v) is 5.87. The highest BCUT2D eigenvalue weighted by Gasteiger charge is 2.30. The van der Waals surface area contributed by atoms with Crippen LogP contribution in [0.2, 0.25) is 0 Å². The van der Waals surface area contributed by atoms with Crippen LogP contribution in [-0.4, -0.2) is 33.8 Å². The number of amides is 1. The average molecular weight is 292 g/mol. The maximum Gasteiger partial charge on any atom is 0.406 e. The Morgan fingerprint density at radius 2 is 2.00 bits per heavy atom. The number of alkyl halides is 3. The van der Waals surface area contributed by atoms with Crippen molar-refractivity contribution >= 4 is 11.9 Å². The van der Waals surface area contributed by atoms with E-state index in [1.165, 1.54) is 12.1 Å². The van der Waals surface area contributed by atoms with Gasteiger partial charge in [-0.15, -0.1) is 0 Å². The Morgan fingerprint density at radius 1 is 1.40 bits per heavy atom. The van der Waals surface area contributed by atoms with Crippen molar-refractivity contribution in [3.05, 3.63) is 24.0 Å². The summed E-state index contributed by atoms with van der Waals surface area (Å²) >= 11 is 0. The summed E-state index contributed by atoms with van der Waals surface area (Å²) in [5, 5.41) is 11.2. The van der Waals surface area contributed by atoms with Crippen molar-refractivity contribution in [3.8, 4) is 0 Å². The van der Waals surface area contributed by atoms with Gasteiger partial charge in [-0.3, -0.25) is 4.79 Å². The molecule has 1 heterocycles. The molecule has 0 saturated heterocycles. The Balaban J connectivity index is 2.88. The molecule has 0 aliphatic heterocycles. The van der Waals surface area contributed by atoms with Gasteiger partial charge in [0.1, 0.15) is 18.3 Å². The summed E-state index contributed by atoms with van der Waals surface area (Å²) in [6.07, 6.45) is -3.34. The summed E-state index contributed by atoms with van der Waals surface area (Å²) < 4.78 is 37.7. The second kappa shape index (κ2) is 5.98. The second-order valence-corrected chi connectivity index (χ2v) is 4.67. The van der Waals surface area contributed by atoms with Crippen molar-refractivity contribution in [2.45, 2.75) is 32.6 Å². The Bertz CT molecular complexity index is 494. The van der Waals surface area contributed by atoms with E-state index >= 15 is 0 Å². The number of halogens is 3. The zero-order chi connectivity index (χ0) is 15.5. The Morgan fingerprint density at radius 3 is 2.45 bits per heavy atom.